The van der Waals surface area contributed by atoms with E-state index in [0.29, 0.717) is 24.5 Å². The van der Waals surface area contributed by atoms with Crippen LogP contribution in [0.3, 0.4) is 0 Å². The molecule has 0 radical (unpaired) electrons. The first-order chi connectivity index (χ1) is 12.2. The normalized spacial score (nSPS) is 27.6. The van der Waals surface area contributed by atoms with Gasteiger partial charge in [0.2, 0.25) is 5.91 Å². The quantitative estimate of drug-likeness (QED) is 0.935. The highest BCUT2D eigenvalue weighted by Crippen LogP contribution is 2.32. The van der Waals surface area contributed by atoms with Crippen molar-refractivity contribution in [3.8, 4) is 0 Å². The summed E-state index contributed by atoms with van der Waals surface area (Å²) in [7, 11) is 1.98. The molecule has 5 rings (SSSR count). The molecule has 2 unspecified atom stereocenters. The van der Waals surface area contributed by atoms with E-state index in [2.05, 4.69) is 17.4 Å². The number of carbonyl (C=O) groups excluding carboxylic acids is 1. The summed E-state index contributed by atoms with van der Waals surface area (Å²) in [5.74, 6) is 0.217. The van der Waals surface area contributed by atoms with Crippen molar-refractivity contribution >= 4 is 16.9 Å². The first-order valence-corrected chi connectivity index (χ1v) is 9.71. The van der Waals surface area contributed by atoms with Crippen LogP contribution in [0, 0.1) is 0 Å². The van der Waals surface area contributed by atoms with Crippen LogP contribution in [0.4, 0.5) is 0 Å². The van der Waals surface area contributed by atoms with Crippen LogP contribution in [-0.4, -0.2) is 36.0 Å². The van der Waals surface area contributed by atoms with Gasteiger partial charge in [0, 0.05) is 36.1 Å². The zero-order valence-electron chi connectivity index (χ0n) is 14.9. The Kier molecular flexibility index (Phi) is 3.63. The van der Waals surface area contributed by atoms with Gasteiger partial charge in [0.25, 0.3) is 0 Å². The minimum absolute atomic E-state index is 0.217. The largest absolute Gasteiger partial charge is 0.464 e. The van der Waals surface area contributed by atoms with Gasteiger partial charge in [-0.25, -0.2) is 0 Å². The number of hydrogen-bond donors (Lipinski definition) is 1. The van der Waals surface area contributed by atoms with Crippen LogP contribution in [0.2, 0.25) is 0 Å². The number of hydrogen-bond acceptors (Lipinski definition) is 3. The first kappa shape index (κ1) is 15.4. The molecule has 2 atom stereocenters. The van der Waals surface area contributed by atoms with Crippen molar-refractivity contribution in [2.75, 3.05) is 7.05 Å². The molecule has 2 bridgehead atoms. The third kappa shape index (κ3) is 2.67. The highest BCUT2D eigenvalue weighted by molar-refractivity contribution is 5.88. The number of nitrogens with one attached hydrogen (secondary N) is 1. The van der Waals surface area contributed by atoms with Crippen LogP contribution >= 0.6 is 0 Å². The third-order valence-corrected chi connectivity index (χ3v) is 6.60. The van der Waals surface area contributed by atoms with Gasteiger partial charge in [-0.1, -0.05) is 0 Å². The fraction of sp³-hybridized carbons (Fsp3) is 0.571. The lowest BCUT2D eigenvalue weighted by Gasteiger charge is -2.35. The van der Waals surface area contributed by atoms with E-state index >= 15 is 0 Å². The highest BCUT2D eigenvalue weighted by atomic mass is 16.3. The summed E-state index contributed by atoms with van der Waals surface area (Å²) in [4.78, 5) is 14.9. The molecule has 132 valence electrons. The molecular weight excluding hydrogens is 312 g/mol. The average molecular weight is 338 g/mol. The van der Waals surface area contributed by atoms with E-state index in [9.17, 15) is 4.79 Å². The van der Waals surface area contributed by atoms with Gasteiger partial charge in [-0.3, -0.25) is 4.79 Å². The number of rotatable bonds is 3. The number of benzene rings is 1. The number of amides is 1. The molecule has 4 heteroatoms. The summed E-state index contributed by atoms with van der Waals surface area (Å²) in [5.41, 5.74) is 4.83. The summed E-state index contributed by atoms with van der Waals surface area (Å²) >= 11 is 0. The number of fused-ring (bicyclic) bond motifs is 4. The van der Waals surface area contributed by atoms with E-state index in [0.717, 1.165) is 42.2 Å². The second kappa shape index (κ2) is 5.87. The number of furan rings is 1. The van der Waals surface area contributed by atoms with Crippen LogP contribution in [0.5, 0.6) is 0 Å². The number of aryl methyl sites for hydroxylation is 2. The van der Waals surface area contributed by atoms with Gasteiger partial charge < -0.3 is 14.6 Å². The molecule has 1 amide bonds. The van der Waals surface area contributed by atoms with Gasteiger partial charge in [-0.05, 0) is 68.2 Å². The Labute approximate surface area is 148 Å². The molecule has 0 spiro atoms. The van der Waals surface area contributed by atoms with Gasteiger partial charge in [-0.15, -0.1) is 0 Å². The maximum absolute atomic E-state index is 12.9. The molecule has 1 N–H and O–H groups in total. The first-order valence-electron chi connectivity index (χ1n) is 9.71. The molecule has 2 aromatic rings. The van der Waals surface area contributed by atoms with E-state index in [4.69, 9.17) is 4.42 Å². The van der Waals surface area contributed by atoms with E-state index in [1.54, 1.807) is 6.26 Å². The van der Waals surface area contributed by atoms with Crippen molar-refractivity contribution in [2.24, 2.45) is 0 Å². The molecule has 1 aliphatic carbocycles. The van der Waals surface area contributed by atoms with Crippen LogP contribution < -0.4 is 5.32 Å². The number of nitrogens with zero attached hydrogens (tertiary/aromatic N) is 1. The van der Waals surface area contributed by atoms with Crippen LogP contribution in [0.25, 0.3) is 11.0 Å². The topological polar surface area (TPSA) is 45.5 Å². The molecular formula is C21H26N2O2. The Morgan fingerprint density at radius 2 is 1.92 bits per heavy atom. The highest BCUT2D eigenvalue weighted by Gasteiger charge is 2.36. The van der Waals surface area contributed by atoms with Crippen LogP contribution in [-0.2, 0) is 24.1 Å². The Hall–Kier alpha value is -1.81. The maximum atomic E-state index is 12.9. The summed E-state index contributed by atoms with van der Waals surface area (Å²) in [6.45, 7) is 0. The molecule has 3 heterocycles. The Morgan fingerprint density at radius 1 is 1.20 bits per heavy atom. The van der Waals surface area contributed by atoms with Crippen molar-refractivity contribution < 1.29 is 9.21 Å². The molecule has 2 fully saturated rings. The van der Waals surface area contributed by atoms with Crippen LogP contribution in [0.15, 0.2) is 22.8 Å². The van der Waals surface area contributed by atoms with Crippen LogP contribution in [0.1, 0.15) is 48.8 Å². The lowest BCUT2D eigenvalue weighted by molar-refractivity contribution is -0.131. The van der Waals surface area contributed by atoms with Gasteiger partial charge >= 0.3 is 0 Å². The van der Waals surface area contributed by atoms with Crippen molar-refractivity contribution in [1.29, 1.82) is 0 Å². The molecule has 2 saturated heterocycles. The second-order valence-corrected chi connectivity index (χ2v) is 8.18. The Balaban J connectivity index is 1.34. The van der Waals surface area contributed by atoms with E-state index in [-0.39, 0.29) is 5.91 Å². The molecule has 2 aliphatic heterocycles. The Morgan fingerprint density at radius 3 is 2.68 bits per heavy atom. The second-order valence-electron chi connectivity index (χ2n) is 8.18. The third-order valence-electron chi connectivity index (χ3n) is 6.60. The van der Waals surface area contributed by atoms with E-state index < -0.39 is 0 Å². The van der Waals surface area contributed by atoms with Crippen molar-refractivity contribution in [2.45, 2.75) is 69.5 Å². The predicted molar refractivity (Wildman–Crippen MR) is 97.7 cm³/mol. The summed E-state index contributed by atoms with van der Waals surface area (Å²) in [5, 5.41) is 4.79. The number of likely N-dealkylation sites (N-methyl/N-ethyl adjacent to an activating group) is 1. The molecule has 1 aromatic heterocycles. The maximum Gasteiger partial charge on any atom is 0.227 e. The minimum Gasteiger partial charge on any atom is -0.464 e. The molecule has 25 heavy (non-hydrogen) atoms. The lowest BCUT2D eigenvalue weighted by atomic mass is 9.97. The van der Waals surface area contributed by atoms with Gasteiger partial charge in [0.1, 0.15) is 5.58 Å². The van der Waals surface area contributed by atoms with Crippen molar-refractivity contribution in [3.63, 3.8) is 0 Å². The van der Waals surface area contributed by atoms with Crippen molar-refractivity contribution in [3.05, 3.63) is 35.1 Å². The summed E-state index contributed by atoms with van der Waals surface area (Å²) in [6, 6.07) is 6.04. The van der Waals surface area contributed by atoms with E-state index in [1.165, 1.54) is 30.4 Å². The van der Waals surface area contributed by atoms with Gasteiger partial charge in [0.05, 0.1) is 12.7 Å². The monoisotopic (exact) mass is 338 g/mol. The molecule has 1 aromatic carbocycles. The van der Waals surface area contributed by atoms with E-state index in [1.807, 2.05) is 11.9 Å². The fourth-order valence-electron chi connectivity index (χ4n) is 5.12. The fourth-order valence-corrected chi connectivity index (χ4v) is 5.12. The molecule has 4 nitrogen and oxygen atoms in total. The summed E-state index contributed by atoms with van der Waals surface area (Å²) in [6.07, 6.45) is 10.5. The standard InChI is InChI=1S/C21H26N2O2/c1-23(18-10-16-5-6-17(11-18)22-16)21(24)9-15-12-25-20-8-14-4-2-3-13(14)7-19(15)20/h7-8,12,16-18,22H,2-6,9-11H2,1H3. The minimum atomic E-state index is 0.217. The average Bonchev–Trinajstić information content (AvgIpc) is 3.31. The summed E-state index contributed by atoms with van der Waals surface area (Å²) < 4.78 is 5.76. The number of carbonyl (C=O) groups is 1. The molecule has 0 saturated carbocycles. The SMILES string of the molecule is CN(C(=O)Cc1coc2cc3c(cc12)CCC3)C1CC2CCC(C1)N2. The lowest BCUT2D eigenvalue weighted by Crippen LogP contribution is -2.49. The Bertz CT molecular complexity index is 813. The van der Waals surface area contributed by atoms with Crippen molar-refractivity contribution in [1.82, 2.24) is 10.2 Å². The smallest absolute Gasteiger partial charge is 0.227 e. The van der Waals surface area contributed by atoms with Gasteiger partial charge in [0.15, 0.2) is 0 Å². The zero-order valence-corrected chi connectivity index (χ0v) is 14.9. The predicted octanol–water partition coefficient (Wildman–Crippen LogP) is 3.21. The number of piperidine rings is 1. The van der Waals surface area contributed by atoms with Gasteiger partial charge in [-0.2, -0.15) is 0 Å². The molecule has 3 aliphatic rings. The zero-order chi connectivity index (χ0) is 17.0.